The molecule has 1 saturated heterocycles. The smallest absolute Gasteiger partial charge is 0.317 e. The zero-order valence-electron chi connectivity index (χ0n) is 18.4. The predicted octanol–water partition coefficient (Wildman–Crippen LogP) is 4.17. The summed E-state index contributed by atoms with van der Waals surface area (Å²) >= 11 is 1.55. The number of aromatic nitrogens is 4. The number of anilines is 3. The molecule has 1 saturated carbocycles. The summed E-state index contributed by atoms with van der Waals surface area (Å²) in [6.07, 6.45) is 9.90. The topological polar surface area (TPSA) is 88.1 Å². The molecule has 0 aromatic carbocycles. The summed E-state index contributed by atoms with van der Waals surface area (Å²) in [7, 11) is 0. The third-order valence-corrected chi connectivity index (χ3v) is 6.82. The molecular weight excluding hydrogens is 422 g/mol. The van der Waals surface area contributed by atoms with Gasteiger partial charge in [-0.1, -0.05) is 17.8 Å². The van der Waals surface area contributed by atoms with E-state index in [0.717, 1.165) is 71.9 Å². The lowest BCUT2D eigenvalue weighted by molar-refractivity contribution is 0.142. The minimum atomic E-state index is 0.229. The Balaban J connectivity index is 1.26. The van der Waals surface area contributed by atoms with Crippen molar-refractivity contribution >= 4 is 28.0 Å². The number of piperazine rings is 1. The van der Waals surface area contributed by atoms with Gasteiger partial charge in [-0.2, -0.15) is 4.98 Å². The van der Waals surface area contributed by atoms with E-state index in [1.165, 1.54) is 19.3 Å². The molecule has 2 fully saturated rings. The average Bonchev–Trinajstić information content (AvgIpc) is 3.29. The van der Waals surface area contributed by atoms with Gasteiger partial charge in [0.1, 0.15) is 11.9 Å². The van der Waals surface area contributed by atoms with Crippen molar-refractivity contribution in [2.75, 3.05) is 36.4 Å². The van der Waals surface area contributed by atoms with E-state index < -0.39 is 0 Å². The second kappa shape index (κ2) is 9.79. The largest absolute Gasteiger partial charge is 0.460 e. The van der Waals surface area contributed by atoms with Crippen LogP contribution in [-0.2, 0) is 0 Å². The number of thiazole rings is 1. The van der Waals surface area contributed by atoms with E-state index in [2.05, 4.69) is 41.5 Å². The predicted molar refractivity (Wildman–Crippen MR) is 128 cm³/mol. The number of aryl methyl sites for hydroxylation is 1. The van der Waals surface area contributed by atoms with Gasteiger partial charge in [-0.15, -0.1) is 0 Å². The lowest BCUT2D eigenvalue weighted by atomic mass is 9.98. The Bertz CT molecular complexity index is 1030. The second-order valence-electron chi connectivity index (χ2n) is 8.35. The van der Waals surface area contributed by atoms with Crippen LogP contribution >= 0.6 is 11.3 Å². The Labute approximate surface area is 192 Å². The first kappa shape index (κ1) is 21.1. The fourth-order valence-corrected chi connectivity index (χ4v) is 4.97. The van der Waals surface area contributed by atoms with E-state index in [0.29, 0.717) is 6.01 Å². The molecule has 3 aromatic heterocycles. The van der Waals surface area contributed by atoms with Gasteiger partial charge in [-0.3, -0.25) is 0 Å². The summed E-state index contributed by atoms with van der Waals surface area (Å²) in [5.74, 6) is 0.782. The molecule has 168 valence electrons. The SMILES string of the molecule is Cc1cc(-c2cnc(Nc3ccc(N4CCNCC4)cn3)s2)nc(OC2CCCCC2)n1. The summed E-state index contributed by atoms with van der Waals surface area (Å²) in [4.78, 5) is 21.6. The third kappa shape index (κ3) is 5.16. The monoisotopic (exact) mass is 451 g/mol. The van der Waals surface area contributed by atoms with Crippen LogP contribution in [0.15, 0.2) is 30.6 Å². The van der Waals surface area contributed by atoms with Crippen molar-refractivity contribution in [2.24, 2.45) is 0 Å². The molecule has 8 nitrogen and oxygen atoms in total. The van der Waals surface area contributed by atoms with Crippen LogP contribution < -0.4 is 20.3 Å². The third-order valence-electron chi connectivity index (χ3n) is 5.88. The lowest BCUT2D eigenvalue weighted by Gasteiger charge is -2.29. The standard InChI is InChI=1S/C23H29N7OS/c1-16-13-19(28-22(27-16)31-18-5-3-2-4-6-18)20-15-26-23(32-20)29-21-8-7-17(14-25-21)30-11-9-24-10-12-30/h7-8,13-15,18,24H,2-6,9-12H2,1H3,(H,25,26,29). The minimum Gasteiger partial charge on any atom is -0.460 e. The van der Waals surface area contributed by atoms with Gasteiger partial charge >= 0.3 is 6.01 Å². The van der Waals surface area contributed by atoms with Gasteiger partial charge in [0.2, 0.25) is 0 Å². The number of hydrogen-bond acceptors (Lipinski definition) is 9. The van der Waals surface area contributed by atoms with E-state index >= 15 is 0 Å². The van der Waals surface area contributed by atoms with E-state index in [1.54, 1.807) is 11.3 Å². The molecule has 2 aliphatic rings. The van der Waals surface area contributed by atoms with E-state index in [4.69, 9.17) is 4.74 Å². The number of nitrogens with zero attached hydrogens (tertiary/aromatic N) is 5. The molecule has 1 aliphatic carbocycles. The van der Waals surface area contributed by atoms with Crippen LogP contribution in [0.5, 0.6) is 6.01 Å². The molecule has 1 aliphatic heterocycles. The first-order valence-corrected chi connectivity index (χ1v) is 12.2. The molecule has 0 unspecified atom stereocenters. The van der Waals surface area contributed by atoms with Crippen molar-refractivity contribution in [3.63, 3.8) is 0 Å². The van der Waals surface area contributed by atoms with Gasteiger partial charge < -0.3 is 20.3 Å². The highest BCUT2D eigenvalue weighted by atomic mass is 32.1. The van der Waals surface area contributed by atoms with Gasteiger partial charge in [0.15, 0.2) is 5.13 Å². The number of pyridine rings is 1. The van der Waals surface area contributed by atoms with E-state index in [-0.39, 0.29) is 6.10 Å². The quantitative estimate of drug-likeness (QED) is 0.577. The molecule has 9 heteroatoms. The first-order chi connectivity index (χ1) is 15.7. The average molecular weight is 452 g/mol. The van der Waals surface area contributed by atoms with Crippen LogP contribution in [0.2, 0.25) is 0 Å². The Kier molecular flexibility index (Phi) is 6.45. The number of nitrogens with one attached hydrogen (secondary N) is 2. The van der Waals surface area contributed by atoms with Crippen LogP contribution in [0, 0.1) is 6.92 Å². The molecular formula is C23H29N7OS. The zero-order chi connectivity index (χ0) is 21.8. The van der Waals surface area contributed by atoms with Gasteiger partial charge in [-0.05, 0) is 50.8 Å². The minimum absolute atomic E-state index is 0.229. The van der Waals surface area contributed by atoms with Crippen LogP contribution in [-0.4, -0.2) is 52.2 Å². The summed E-state index contributed by atoms with van der Waals surface area (Å²) in [6.45, 7) is 6.02. The highest BCUT2D eigenvalue weighted by Gasteiger charge is 2.18. The Morgan fingerprint density at radius 2 is 1.91 bits per heavy atom. The molecule has 0 bridgehead atoms. The fraction of sp³-hybridized carbons (Fsp3) is 0.478. The Hall–Kier alpha value is -2.78. The maximum Gasteiger partial charge on any atom is 0.317 e. The van der Waals surface area contributed by atoms with Crippen molar-refractivity contribution in [3.8, 4) is 16.6 Å². The van der Waals surface area contributed by atoms with Crippen LogP contribution in [0.25, 0.3) is 10.6 Å². The first-order valence-electron chi connectivity index (χ1n) is 11.4. The van der Waals surface area contributed by atoms with Crippen molar-refractivity contribution in [1.82, 2.24) is 25.3 Å². The van der Waals surface area contributed by atoms with Gasteiger partial charge in [0, 0.05) is 38.1 Å². The molecule has 4 heterocycles. The molecule has 0 radical (unpaired) electrons. The molecule has 0 spiro atoms. The highest BCUT2D eigenvalue weighted by molar-refractivity contribution is 7.18. The molecule has 5 rings (SSSR count). The maximum absolute atomic E-state index is 6.09. The van der Waals surface area contributed by atoms with Gasteiger partial charge in [-0.25, -0.2) is 15.0 Å². The zero-order valence-corrected chi connectivity index (χ0v) is 19.2. The van der Waals surface area contributed by atoms with Crippen LogP contribution in [0.4, 0.5) is 16.6 Å². The van der Waals surface area contributed by atoms with Crippen LogP contribution in [0.1, 0.15) is 37.8 Å². The van der Waals surface area contributed by atoms with Crippen LogP contribution in [0.3, 0.4) is 0 Å². The molecule has 0 atom stereocenters. The van der Waals surface area contributed by atoms with Gasteiger partial charge in [0.25, 0.3) is 0 Å². The Morgan fingerprint density at radius 3 is 2.69 bits per heavy atom. The normalized spacial score (nSPS) is 17.3. The molecule has 32 heavy (non-hydrogen) atoms. The molecule has 0 amide bonds. The summed E-state index contributed by atoms with van der Waals surface area (Å²) in [6, 6.07) is 6.56. The van der Waals surface area contributed by atoms with E-state index in [9.17, 15) is 0 Å². The summed E-state index contributed by atoms with van der Waals surface area (Å²) in [5, 5.41) is 7.47. The van der Waals surface area contributed by atoms with E-state index in [1.807, 2.05) is 31.5 Å². The molecule has 3 aromatic rings. The van der Waals surface area contributed by atoms with Crippen molar-refractivity contribution < 1.29 is 4.74 Å². The number of rotatable bonds is 6. The summed E-state index contributed by atoms with van der Waals surface area (Å²) in [5.41, 5.74) is 2.89. The van der Waals surface area contributed by atoms with Crippen molar-refractivity contribution in [1.29, 1.82) is 0 Å². The second-order valence-corrected chi connectivity index (χ2v) is 9.38. The summed E-state index contributed by atoms with van der Waals surface area (Å²) < 4.78 is 6.09. The Morgan fingerprint density at radius 1 is 1.06 bits per heavy atom. The number of hydrogen-bond donors (Lipinski definition) is 2. The van der Waals surface area contributed by atoms with Gasteiger partial charge in [0.05, 0.1) is 22.5 Å². The molecule has 2 N–H and O–H groups in total. The lowest BCUT2D eigenvalue weighted by Crippen LogP contribution is -2.43. The fourth-order valence-electron chi connectivity index (χ4n) is 4.18. The van der Waals surface area contributed by atoms with Crippen molar-refractivity contribution in [2.45, 2.75) is 45.1 Å². The maximum atomic E-state index is 6.09. The van der Waals surface area contributed by atoms with Crippen molar-refractivity contribution in [3.05, 3.63) is 36.3 Å². The number of ether oxygens (including phenoxy) is 1. The highest BCUT2D eigenvalue weighted by Crippen LogP contribution is 2.31.